The lowest BCUT2D eigenvalue weighted by Crippen LogP contribution is -2.31. The number of aliphatic hydroxyl groups excluding tert-OH is 1. The average Bonchev–Trinajstić information content (AvgIpc) is 3.46. The highest BCUT2D eigenvalue weighted by Crippen LogP contribution is 2.43. The summed E-state index contributed by atoms with van der Waals surface area (Å²) in [5.41, 5.74) is 2.80. The van der Waals surface area contributed by atoms with Crippen molar-refractivity contribution in [1.82, 2.24) is 4.98 Å². The van der Waals surface area contributed by atoms with Crippen molar-refractivity contribution in [3.05, 3.63) is 118 Å². The number of thiazole rings is 1. The van der Waals surface area contributed by atoms with Crippen LogP contribution in [0.15, 0.2) is 96.3 Å². The van der Waals surface area contributed by atoms with Gasteiger partial charge in [0, 0.05) is 11.3 Å². The zero-order valence-electron chi connectivity index (χ0n) is 21.6. The van der Waals surface area contributed by atoms with Crippen LogP contribution in [0, 0.1) is 6.92 Å². The Balaban J connectivity index is 1.55. The number of amides is 1. The van der Waals surface area contributed by atoms with Gasteiger partial charge in [0.1, 0.15) is 5.01 Å². The molecule has 1 aliphatic heterocycles. The summed E-state index contributed by atoms with van der Waals surface area (Å²) in [5.74, 6) is -2.23. The summed E-state index contributed by atoms with van der Waals surface area (Å²) in [4.78, 5) is 46.1. The van der Waals surface area contributed by atoms with E-state index in [-0.39, 0.29) is 11.7 Å². The van der Waals surface area contributed by atoms with E-state index in [9.17, 15) is 19.5 Å². The first-order chi connectivity index (χ1) is 18.8. The van der Waals surface area contributed by atoms with Crippen molar-refractivity contribution in [3.63, 3.8) is 0 Å². The van der Waals surface area contributed by atoms with E-state index in [1.54, 1.807) is 57.2 Å². The van der Waals surface area contributed by atoms with Crippen LogP contribution in [0.2, 0.25) is 0 Å². The summed E-state index contributed by atoms with van der Waals surface area (Å²) < 4.78 is 5.26. The van der Waals surface area contributed by atoms with Gasteiger partial charge in [0.25, 0.3) is 5.91 Å². The van der Waals surface area contributed by atoms with Crippen LogP contribution in [0.3, 0.4) is 0 Å². The highest BCUT2D eigenvalue weighted by molar-refractivity contribution is 7.17. The van der Waals surface area contributed by atoms with E-state index in [2.05, 4.69) is 4.98 Å². The highest BCUT2D eigenvalue weighted by atomic mass is 32.1. The molecule has 196 valence electrons. The normalized spacial score (nSPS) is 15.2. The molecule has 1 aliphatic rings. The highest BCUT2D eigenvalue weighted by Gasteiger charge is 2.45. The first kappa shape index (κ1) is 26.1. The lowest BCUT2D eigenvalue weighted by molar-refractivity contribution is -0.117. The number of Topliss-reactive ketones (excluding diaryl/α,β-unsaturated/α-hetero) is 1. The van der Waals surface area contributed by atoms with Crippen LogP contribution in [0.25, 0.3) is 10.6 Å². The minimum absolute atomic E-state index is 0.0131. The molecule has 39 heavy (non-hydrogen) atoms. The number of aryl methyl sites for hydroxylation is 1. The van der Waals surface area contributed by atoms with Gasteiger partial charge in [-0.3, -0.25) is 14.5 Å². The fraction of sp³-hybridized carbons (Fsp3) is 0.161. The Morgan fingerprint density at radius 1 is 0.949 bits per heavy atom. The number of anilines is 1. The number of aliphatic hydroxyl groups is 1. The van der Waals surface area contributed by atoms with E-state index in [0.717, 1.165) is 5.56 Å². The van der Waals surface area contributed by atoms with E-state index < -0.39 is 29.5 Å². The van der Waals surface area contributed by atoms with E-state index >= 15 is 0 Å². The van der Waals surface area contributed by atoms with Crippen molar-refractivity contribution in [2.45, 2.75) is 32.9 Å². The molecule has 1 N–H and O–H groups in total. The SMILES string of the molecule is Cc1nc(-c2ccccc2)sc1C(=O)C1=C(O)C(=O)N(c2ccc(C(=O)OC(C)C)cc2)C1c1ccccc1. The fourth-order valence-electron chi connectivity index (χ4n) is 4.53. The van der Waals surface area contributed by atoms with Crippen LogP contribution in [-0.2, 0) is 9.53 Å². The number of hydrogen-bond donors (Lipinski definition) is 1. The molecule has 0 bridgehead atoms. The molecular weight excluding hydrogens is 512 g/mol. The molecule has 8 heteroatoms. The molecule has 5 rings (SSSR count). The molecule has 0 spiro atoms. The van der Waals surface area contributed by atoms with Crippen LogP contribution in [-0.4, -0.2) is 33.9 Å². The second-order valence-corrected chi connectivity index (χ2v) is 10.4. The second kappa shape index (κ2) is 10.7. The minimum Gasteiger partial charge on any atom is -0.503 e. The second-order valence-electron chi connectivity index (χ2n) is 9.38. The molecule has 0 aliphatic carbocycles. The number of benzene rings is 3. The van der Waals surface area contributed by atoms with Crippen LogP contribution >= 0.6 is 11.3 Å². The average molecular weight is 539 g/mol. The number of esters is 1. The third-order valence-electron chi connectivity index (χ3n) is 6.32. The number of carbonyl (C=O) groups is 3. The van der Waals surface area contributed by atoms with Gasteiger partial charge in [0.15, 0.2) is 5.76 Å². The van der Waals surface area contributed by atoms with Gasteiger partial charge in [-0.15, -0.1) is 11.3 Å². The maximum Gasteiger partial charge on any atom is 0.338 e. The lowest BCUT2D eigenvalue weighted by atomic mass is 9.95. The van der Waals surface area contributed by atoms with Crippen molar-refractivity contribution < 1.29 is 24.2 Å². The molecule has 7 nitrogen and oxygen atoms in total. The van der Waals surface area contributed by atoms with E-state index in [4.69, 9.17) is 4.74 Å². The van der Waals surface area contributed by atoms with Gasteiger partial charge < -0.3 is 9.84 Å². The first-order valence-corrected chi connectivity index (χ1v) is 13.3. The van der Waals surface area contributed by atoms with Crippen molar-refractivity contribution in [2.24, 2.45) is 0 Å². The van der Waals surface area contributed by atoms with Gasteiger partial charge in [-0.25, -0.2) is 9.78 Å². The first-order valence-electron chi connectivity index (χ1n) is 12.5. The summed E-state index contributed by atoms with van der Waals surface area (Å²) in [6.07, 6.45) is -0.271. The number of rotatable bonds is 7. The van der Waals surface area contributed by atoms with Crippen LogP contribution < -0.4 is 4.90 Å². The predicted octanol–water partition coefficient (Wildman–Crippen LogP) is 6.47. The van der Waals surface area contributed by atoms with Gasteiger partial charge in [0.2, 0.25) is 5.78 Å². The molecule has 0 radical (unpaired) electrons. The standard InChI is InChI=1S/C31H26N2O5S/c1-18(2)38-31(37)22-14-16-23(17-15-22)33-25(20-10-6-4-7-11-20)24(27(35)30(33)36)26(34)28-19(3)32-29(39-28)21-12-8-5-9-13-21/h4-18,25,35H,1-3H3. The van der Waals surface area contributed by atoms with Crippen LogP contribution in [0.4, 0.5) is 5.69 Å². The van der Waals surface area contributed by atoms with Gasteiger partial charge in [-0.1, -0.05) is 60.7 Å². The Labute approximate surface area is 230 Å². The molecule has 1 aromatic heterocycles. The molecule has 2 heterocycles. The number of ketones is 1. The number of aromatic nitrogens is 1. The van der Waals surface area contributed by atoms with Gasteiger partial charge in [-0.2, -0.15) is 0 Å². The molecule has 1 unspecified atom stereocenters. The van der Waals surface area contributed by atoms with E-state index in [1.165, 1.54) is 16.2 Å². The van der Waals surface area contributed by atoms with Crippen LogP contribution in [0.5, 0.6) is 0 Å². The zero-order valence-corrected chi connectivity index (χ0v) is 22.4. The Bertz CT molecular complexity index is 1570. The number of nitrogens with zero attached hydrogens (tertiary/aromatic N) is 2. The van der Waals surface area contributed by atoms with Crippen LogP contribution in [0.1, 0.15) is 51.2 Å². The Hall–Kier alpha value is -4.56. The third kappa shape index (κ3) is 4.98. The number of hydrogen-bond acceptors (Lipinski definition) is 7. The lowest BCUT2D eigenvalue weighted by Gasteiger charge is -2.27. The maximum absolute atomic E-state index is 14.0. The van der Waals surface area contributed by atoms with Gasteiger partial charge in [-0.05, 0) is 50.6 Å². The summed E-state index contributed by atoms with van der Waals surface area (Å²) >= 11 is 1.23. The molecule has 0 fully saturated rings. The zero-order chi connectivity index (χ0) is 27.7. The van der Waals surface area contributed by atoms with Gasteiger partial charge >= 0.3 is 5.97 Å². The summed E-state index contributed by atoms with van der Waals surface area (Å²) in [7, 11) is 0. The van der Waals surface area contributed by atoms with E-state index in [0.29, 0.717) is 32.4 Å². The smallest absolute Gasteiger partial charge is 0.338 e. The molecule has 0 saturated carbocycles. The molecule has 0 saturated heterocycles. The number of ether oxygens (including phenoxy) is 1. The Morgan fingerprint density at radius 2 is 1.56 bits per heavy atom. The topological polar surface area (TPSA) is 96.8 Å². The van der Waals surface area contributed by atoms with Crippen molar-refractivity contribution in [1.29, 1.82) is 0 Å². The number of carbonyl (C=O) groups excluding carboxylic acids is 3. The summed E-state index contributed by atoms with van der Waals surface area (Å²) in [6.45, 7) is 5.27. The molecular formula is C31H26N2O5S. The molecule has 1 amide bonds. The Kier molecular flexibility index (Phi) is 7.13. The van der Waals surface area contributed by atoms with Gasteiger partial charge in [0.05, 0.1) is 33.9 Å². The summed E-state index contributed by atoms with van der Waals surface area (Å²) in [6, 6.07) is 24.1. The van der Waals surface area contributed by atoms with Crippen molar-refractivity contribution >= 4 is 34.7 Å². The third-order valence-corrected chi connectivity index (χ3v) is 7.52. The van der Waals surface area contributed by atoms with Crippen molar-refractivity contribution in [2.75, 3.05) is 4.90 Å². The fourth-order valence-corrected chi connectivity index (χ4v) is 5.55. The molecule has 4 aromatic rings. The largest absolute Gasteiger partial charge is 0.503 e. The summed E-state index contributed by atoms with van der Waals surface area (Å²) in [5, 5.41) is 11.8. The monoisotopic (exact) mass is 538 g/mol. The van der Waals surface area contributed by atoms with Crippen molar-refractivity contribution in [3.8, 4) is 10.6 Å². The molecule has 1 atom stereocenters. The molecule has 3 aromatic carbocycles. The minimum atomic E-state index is -0.874. The Morgan fingerprint density at radius 3 is 2.18 bits per heavy atom. The maximum atomic E-state index is 14.0. The predicted molar refractivity (Wildman–Crippen MR) is 150 cm³/mol. The quantitative estimate of drug-likeness (QED) is 0.214. The van der Waals surface area contributed by atoms with E-state index in [1.807, 2.05) is 48.5 Å².